The van der Waals surface area contributed by atoms with Gasteiger partial charge in [0.2, 0.25) is 10.0 Å². The predicted molar refractivity (Wildman–Crippen MR) is 67.8 cm³/mol. The number of sulfonamides is 1. The molecule has 0 radical (unpaired) electrons. The van der Waals surface area contributed by atoms with Gasteiger partial charge in [0.05, 0.1) is 5.25 Å². The normalized spacial score (nSPS) is 22.9. The Labute approximate surface area is 105 Å². The minimum Gasteiger partial charge on any atom is -0.345 e. The second-order valence-electron chi connectivity index (χ2n) is 4.45. The Morgan fingerprint density at radius 1 is 1.24 bits per heavy atom. The summed E-state index contributed by atoms with van der Waals surface area (Å²) in [7, 11) is -2.99. The van der Waals surface area contributed by atoms with E-state index in [2.05, 4.69) is 9.88 Å². The molecule has 0 amide bonds. The first-order valence-electron chi connectivity index (χ1n) is 5.81. The topological polar surface area (TPSA) is 53.5 Å². The van der Waals surface area contributed by atoms with Crippen LogP contribution >= 0.6 is 11.3 Å². The van der Waals surface area contributed by atoms with E-state index < -0.39 is 10.0 Å². The average Bonchev–Trinajstić information content (AvgIpc) is 3.07. The van der Waals surface area contributed by atoms with Gasteiger partial charge in [0.1, 0.15) is 0 Å². The molecule has 17 heavy (non-hydrogen) atoms. The molecule has 7 heteroatoms. The van der Waals surface area contributed by atoms with Crippen molar-refractivity contribution in [1.29, 1.82) is 0 Å². The summed E-state index contributed by atoms with van der Waals surface area (Å²) >= 11 is 1.60. The van der Waals surface area contributed by atoms with Crippen LogP contribution in [0.5, 0.6) is 0 Å². The van der Waals surface area contributed by atoms with Crippen LogP contribution in [0.3, 0.4) is 0 Å². The number of hydrogen-bond donors (Lipinski definition) is 0. The third-order valence-electron chi connectivity index (χ3n) is 3.23. The van der Waals surface area contributed by atoms with Crippen LogP contribution in [-0.4, -0.2) is 49.1 Å². The Kier molecular flexibility index (Phi) is 2.84. The number of anilines is 1. The lowest BCUT2D eigenvalue weighted by atomic mass is 10.4. The summed E-state index contributed by atoms with van der Waals surface area (Å²) in [5.41, 5.74) is 0. The summed E-state index contributed by atoms with van der Waals surface area (Å²) in [6.07, 6.45) is 3.47. The molecule has 2 fully saturated rings. The van der Waals surface area contributed by atoms with Gasteiger partial charge >= 0.3 is 0 Å². The van der Waals surface area contributed by atoms with Crippen molar-refractivity contribution in [3.63, 3.8) is 0 Å². The molecule has 2 aliphatic rings. The van der Waals surface area contributed by atoms with Crippen LogP contribution in [0.2, 0.25) is 0 Å². The first kappa shape index (κ1) is 11.4. The number of hydrogen-bond acceptors (Lipinski definition) is 5. The molecule has 1 saturated heterocycles. The Bertz CT molecular complexity index is 474. The highest BCUT2D eigenvalue weighted by Gasteiger charge is 2.41. The molecule has 3 rings (SSSR count). The van der Waals surface area contributed by atoms with Crippen molar-refractivity contribution >= 4 is 26.5 Å². The van der Waals surface area contributed by atoms with Crippen molar-refractivity contribution < 1.29 is 8.42 Å². The van der Waals surface area contributed by atoms with Crippen LogP contribution < -0.4 is 4.90 Å². The highest BCUT2D eigenvalue weighted by Crippen LogP contribution is 2.31. The smallest absolute Gasteiger partial charge is 0.217 e. The third kappa shape index (κ3) is 2.19. The number of rotatable bonds is 3. The predicted octanol–water partition coefficient (Wildman–Crippen LogP) is 0.757. The van der Waals surface area contributed by atoms with Gasteiger partial charge in [-0.05, 0) is 12.8 Å². The quantitative estimate of drug-likeness (QED) is 0.816. The SMILES string of the molecule is O=S(=O)(C1CC1)N1CCN(c2nccs2)CC1. The molecule has 0 N–H and O–H groups in total. The number of aromatic nitrogens is 1. The molecule has 1 saturated carbocycles. The standard InChI is InChI=1S/C10H15N3O2S2/c14-17(15,9-1-2-9)13-6-4-12(5-7-13)10-11-3-8-16-10/h3,8-9H,1-2,4-7H2. The lowest BCUT2D eigenvalue weighted by Crippen LogP contribution is -2.49. The molecule has 0 atom stereocenters. The Hall–Kier alpha value is -0.660. The van der Waals surface area contributed by atoms with Crippen molar-refractivity contribution in [3.8, 4) is 0 Å². The van der Waals surface area contributed by atoms with Gasteiger partial charge in [-0.25, -0.2) is 13.4 Å². The molecule has 1 aromatic rings. The zero-order chi connectivity index (χ0) is 11.9. The third-order valence-corrected chi connectivity index (χ3v) is 6.46. The largest absolute Gasteiger partial charge is 0.345 e. The van der Waals surface area contributed by atoms with Crippen LogP contribution in [0.15, 0.2) is 11.6 Å². The van der Waals surface area contributed by atoms with E-state index >= 15 is 0 Å². The van der Waals surface area contributed by atoms with Gasteiger partial charge in [0.25, 0.3) is 0 Å². The zero-order valence-electron chi connectivity index (χ0n) is 9.45. The van der Waals surface area contributed by atoms with E-state index in [-0.39, 0.29) is 5.25 Å². The minimum absolute atomic E-state index is 0.0890. The molecule has 5 nitrogen and oxygen atoms in total. The number of piperazine rings is 1. The van der Waals surface area contributed by atoms with Crippen molar-refractivity contribution in [1.82, 2.24) is 9.29 Å². The maximum absolute atomic E-state index is 12.0. The number of nitrogens with zero attached hydrogens (tertiary/aromatic N) is 3. The summed E-state index contributed by atoms with van der Waals surface area (Å²) < 4.78 is 25.7. The summed E-state index contributed by atoms with van der Waals surface area (Å²) in [4.78, 5) is 6.41. The highest BCUT2D eigenvalue weighted by molar-refractivity contribution is 7.90. The molecule has 0 unspecified atom stereocenters. The Morgan fingerprint density at radius 2 is 1.94 bits per heavy atom. The van der Waals surface area contributed by atoms with E-state index in [1.54, 1.807) is 21.8 Å². The minimum atomic E-state index is -2.99. The molecule has 1 aromatic heterocycles. The fourth-order valence-corrected chi connectivity index (χ4v) is 4.61. The first-order chi connectivity index (χ1) is 8.18. The summed E-state index contributed by atoms with van der Waals surface area (Å²) in [6.45, 7) is 2.69. The molecule has 1 aliphatic heterocycles. The maximum Gasteiger partial charge on any atom is 0.217 e. The summed E-state index contributed by atoms with van der Waals surface area (Å²) in [5, 5.41) is 2.85. The van der Waals surface area contributed by atoms with Gasteiger partial charge in [-0.2, -0.15) is 4.31 Å². The molecule has 0 bridgehead atoms. The monoisotopic (exact) mass is 273 g/mol. The summed E-state index contributed by atoms with van der Waals surface area (Å²) in [6, 6.07) is 0. The molecule has 0 aromatic carbocycles. The molecular weight excluding hydrogens is 258 g/mol. The van der Waals surface area contributed by atoms with Crippen LogP contribution in [0.1, 0.15) is 12.8 Å². The van der Waals surface area contributed by atoms with Crippen molar-refractivity contribution in [2.75, 3.05) is 31.1 Å². The van der Waals surface area contributed by atoms with Gasteiger partial charge in [-0.3, -0.25) is 0 Å². The first-order valence-corrected chi connectivity index (χ1v) is 8.19. The molecule has 2 heterocycles. The molecule has 0 spiro atoms. The van der Waals surface area contributed by atoms with E-state index in [0.29, 0.717) is 13.1 Å². The number of thiazole rings is 1. The van der Waals surface area contributed by atoms with Gasteiger partial charge < -0.3 is 4.90 Å². The molecule has 1 aliphatic carbocycles. The van der Waals surface area contributed by atoms with Crippen LogP contribution in [0, 0.1) is 0 Å². The average molecular weight is 273 g/mol. The van der Waals surface area contributed by atoms with E-state index in [4.69, 9.17) is 0 Å². The summed E-state index contributed by atoms with van der Waals surface area (Å²) in [5.74, 6) is 0. The molecule has 94 valence electrons. The van der Waals surface area contributed by atoms with E-state index in [1.165, 1.54) is 0 Å². The van der Waals surface area contributed by atoms with Crippen molar-refractivity contribution in [2.24, 2.45) is 0 Å². The van der Waals surface area contributed by atoms with Crippen LogP contribution in [0.4, 0.5) is 5.13 Å². The lowest BCUT2D eigenvalue weighted by Gasteiger charge is -2.33. The zero-order valence-corrected chi connectivity index (χ0v) is 11.1. The van der Waals surface area contributed by atoms with Gasteiger partial charge in [-0.15, -0.1) is 11.3 Å². The van der Waals surface area contributed by atoms with Gasteiger partial charge in [0, 0.05) is 37.8 Å². The van der Waals surface area contributed by atoms with Gasteiger partial charge in [0.15, 0.2) is 5.13 Å². The lowest BCUT2D eigenvalue weighted by molar-refractivity contribution is 0.384. The maximum atomic E-state index is 12.0. The second kappa shape index (κ2) is 4.22. The Morgan fingerprint density at radius 3 is 2.47 bits per heavy atom. The Balaban J connectivity index is 1.64. The fourth-order valence-electron chi connectivity index (χ4n) is 2.08. The van der Waals surface area contributed by atoms with Crippen molar-refractivity contribution in [3.05, 3.63) is 11.6 Å². The van der Waals surface area contributed by atoms with Crippen LogP contribution in [0.25, 0.3) is 0 Å². The highest BCUT2D eigenvalue weighted by atomic mass is 32.2. The second-order valence-corrected chi connectivity index (χ2v) is 7.53. The van der Waals surface area contributed by atoms with E-state index in [9.17, 15) is 8.42 Å². The van der Waals surface area contributed by atoms with Crippen molar-refractivity contribution in [2.45, 2.75) is 18.1 Å². The molecular formula is C10H15N3O2S2. The van der Waals surface area contributed by atoms with E-state index in [0.717, 1.165) is 31.1 Å². The fraction of sp³-hybridized carbons (Fsp3) is 0.700. The van der Waals surface area contributed by atoms with Gasteiger partial charge in [-0.1, -0.05) is 0 Å². The van der Waals surface area contributed by atoms with Crippen LogP contribution in [-0.2, 0) is 10.0 Å². The van der Waals surface area contributed by atoms with E-state index in [1.807, 2.05) is 5.38 Å².